The smallest absolute Gasteiger partial charge is 0.744 e. The summed E-state index contributed by atoms with van der Waals surface area (Å²) >= 11 is 0. The first-order chi connectivity index (χ1) is 21.1. The number of nitrogen functional groups attached to an aromatic ring is 1. The zero-order valence-corrected chi connectivity index (χ0v) is 27.0. The molecule has 0 heterocycles. The van der Waals surface area contributed by atoms with E-state index in [-0.39, 0.29) is 84.7 Å². The first kappa shape index (κ1) is 35.6. The SMILES string of the molecule is Nc1ccc2cc(S(=O)(=O)[O-])c(N=Nc3ccc(N=Nc4ccc(NCCO)cc4NCCO)cc3OCCO)c(O)c2c1.[Na+]. The van der Waals surface area contributed by atoms with Gasteiger partial charge < -0.3 is 46.1 Å². The topological polar surface area (TPSA) is 247 Å². The van der Waals surface area contributed by atoms with Gasteiger partial charge in [0.1, 0.15) is 39.5 Å². The molecule has 0 bridgehead atoms. The van der Waals surface area contributed by atoms with Crippen LogP contribution in [0.5, 0.6) is 11.5 Å². The molecule has 4 rings (SSSR count). The first-order valence-corrected chi connectivity index (χ1v) is 14.6. The number of phenols is 1. The quantitative estimate of drug-likeness (QED) is 0.0441. The maximum absolute atomic E-state index is 12.0. The number of nitrogens with two attached hydrogens (primary N) is 1. The van der Waals surface area contributed by atoms with Crippen molar-refractivity contribution in [3.05, 3.63) is 60.7 Å². The fraction of sp³-hybridized carbons (Fsp3) is 0.214. The fourth-order valence-corrected chi connectivity index (χ4v) is 4.69. The number of aromatic hydroxyl groups is 1. The number of aliphatic hydroxyl groups is 3. The Morgan fingerprint density at radius 1 is 0.822 bits per heavy atom. The zero-order valence-electron chi connectivity index (χ0n) is 24.2. The maximum atomic E-state index is 12.0. The summed E-state index contributed by atoms with van der Waals surface area (Å²) in [4.78, 5) is -0.776. The van der Waals surface area contributed by atoms with E-state index < -0.39 is 26.5 Å². The van der Waals surface area contributed by atoms with E-state index in [1.165, 1.54) is 36.4 Å². The van der Waals surface area contributed by atoms with Crippen LogP contribution in [-0.4, -0.2) is 72.9 Å². The van der Waals surface area contributed by atoms with E-state index in [0.717, 1.165) is 11.8 Å². The van der Waals surface area contributed by atoms with Gasteiger partial charge in [-0.25, -0.2) is 8.42 Å². The monoisotopic (exact) mass is 647 g/mol. The van der Waals surface area contributed by atoms with E-state index in [1.54, 1.807) is 18.2 Å². The van der Waals surface area contributed by atoms with E-state index in [9.17, 15) is 28.3 Å². The molecule has 17 heteroatoms. The van der Waals surface area contributed by atoms with Crippen LogP contribution in [0, 0.1) is 0 Å². The zero-order chi connectivity index (χ0) is 31.7. The number of nitrogens with one attached hydrogen (secondary N) is 2. The standard InChI is InChI=1S/C28H31N7O8S.Na/c29-18-2-1-17-13-26(44(40,41)42)27(28(39)21(17)14-18)35-34-23-6-4-20(16-25(23)43-12-11-38)32-33-22-5-3-19(30-7-9-36)15-24(22)31-8-10-37;/h1-6,13-16,30-31,36-39H,7-12,29H2,(H,40,41,42);/q;+1/p-1. The number of hydrogen-bond acceptors (Lipinski definition) is 15. The Morgan fingerprint density at radius 2 is 1.53 bits per heavy atom. The van der Waals surface area contributed by atoms with Crippen LogP contribution in [0.1, 0.15) is 0 Å². The second-order valence-electron chi connectivity index (χ2n) is 9.16. The van der Waals surface area contributed by atoms with Gasteiger partial charge in [0.05, 0.1) is 36.1 Å². The summed E-state index contributed by atoms with van der Waals surface area (Å²) in [6, 6.07) is 15.1. The van der Waals surface area contributed by atoms with Crippen molar-refractivity contribution < 1.29 is 67.7 Å². The number of fused-ring (bicyclic) bond motifs is 1. The van der Waals surface area contributed by atoms with Gasteiger partial charge in [-0.3, -0.25) is 0 Å². The van der Waals surface area contributed by atoms with Gasteiger partial charge in [-0.2, -0.15) is 5.11 Å². The minimum atomic E-state index is -5.06. The summed E-state index contributed by atoms with van der Waals surface area (Å²) in [5.41, 5.74) is 7.67. The van der Waals surface area contributed by atoms with Crippen molar-refractivity contribution in [2.24, 2.45) is 20.5 Å². The number of azo groups is 2. The Kier molecular flexibility index (Phi) is 13.0. The third-order valence-electron chi connectivity index (χ3n) is 6.03. The van der Waals surface area contributed by atoms with Gasteiger partial charge >= 0.3 is 29.6 Å². The summed E-state index contributed by atoms with van der Waals surface area (Å²) in [6.45, 7) is 0.00399. The predicted octanol–water partition coefficient (Wildman–Crippen LogP) is 1.05. The number of anilines is 3. The minimum Gasteiger partial charge on any atom is -0.744 e. The summed E-state index contributed by atoms with van der Waals surface area (Å²) < 4.78 is 41.6. The Hall–Kier alpha value is -3.87. The summed E-state index contributed by atoms with van der Waals surface area (Å²) in [7, 11) is -5.06. The van der Waals surface area contributed by atoms with Crippen LogP contribution in [0.2, 0.25) is 0 Å². The van der Waals surface area contributed by atoms with Crippen LogP contribution in [0.25, 0.3) is 10.8 Å². The van der Waals surface area contributed by atoms with Crippen LogP contribution >= 0.6 is 0 Å². The Bertz CT molecular complexity index is 1810. The molecule has 0 unspecified atom stereocenters. The summed E-state index contributed by atoms with van der Waals surface area (Å²) in [6.07, 6.45) is 0. The van der Waals surface area contributed by atoms with E-state index >= 15 is 0 Å². The average Bonchev–Trinajstić information content (AvgIpc) is 3.00. The molecule has 232 valence electrons. The number of benzene rings is 4. The molecule has 8 N–H and O–H groups in total. The number of nitrogens with zero attached hydrogens (tertiary/aromatic N) is 4. The molecule has 45 heavy (non-hydrogen) atoms. The van der Waals surface area contributed by atoms with Crippen LogP contribution in [-0.2, 0) is 10.1 Å². The second kappa shape index (κ2) is 16.4. The third-order valence-corrected chi connectivity index (χ3v) is 6.88. The Morgan fingerprint density at radius 3 is 2.24 bits per heavy atom. The summed E-state index contributed by atoms with van der Waals surface area (Å²) in [5.74, 6) is -0.503. The molecule has 0 amide bonds. The van der Waals surface area contributed by atoms with Gasteiger partial charge in [-0.05, 0) is 53.9 Å². The van der Waals surface area contributed by atoms with Gasteiger partial charge in [-0.15, -0.1) is 15.3 Å². The largest absolute Gasteiger partial charge is 1.00 e. The first-order valence-electron chi connectivity index (χ1n) is 13.2. The van der Waals surface area contributed by atoms with Crippen LogP contribution < -0.4 is 50.7 Å². The van der Waals surface area contributed by atoms with Crippen molar-refractivity contribution in [3.63, 3.8) is 0 Å². The molecule has 4 aromatic rings. The van der Waals surface area contributed by atoms with Crippen molar-refractivity contribution in [2.45, 2.75) is 4.90 Å². The molecule has 0 aliphatic heterocycles. The van der Waals surface area contributed by atoms with Crippen molar-refractivity contribution in [1.29, 1.82) is 0 Å². The van der Waals surface area contributed by atoms with Gasteiger partial charge in [0.25, 0.3) is 0 Å². The van der Waals surface area contributed by atoms with Crippen LogP contribution in [0.15, 0.2) is 86.0 Å². The van der Waals surface area contributed by atoms with E-state index in [1.807, 2.05) is 0 Å². The number of phenolic OH excluding ortho intramolecular Hbond substituents is 1. The van der Waals surface area contributed by atoms with Gasteiger partial charge in [0.2, 0.25) is 0 Å². The molecule has 0 aromatic heterocycles. The van der Waals surface area contributed by atoms with Crippen LogP contribution in [0.4, 0.5) is 39.8 Å². The minimum absolute atomic E-state index is 0. The third kappa shape index (κ3) is 9.32. The number of rotatable bonds is 14. The van der Waals surface area contributed by atoms with Gasteiger partial charge in [-0.1, -0.05) is 6.07 Å². The number of aliphatic hydroxyl groups excluding tert-OH is 3. The van der Waals surface area contributed by atoms with Crippen molar-refractivity contribution in [1.82, 2.24) is 0 Å². The van der Waals surface area contributed by atoms with Gasteiger partial charge in [0, 0.05) is 35.9 Å². The molecule has 4 aromatic carbocycles. The van der Waals surface area contributed by atoms with E-state index in [4.69, 9.17) is 15.6 Å². The summed E-state index contributed by atoms with van der Waals surface area (Å²) in [5, 5.41) is 61.4. The Balaban J connectivity index is 0.00000552. The molecule has 0 aliphatic carbocycles. The van der Waals surface area contributed by atoms with Crippen molar-refractivity contribution >= 4 is 60.7 Å². The molecule has 0 radical (unpaired) electrons. The molecule has 0 aliphatic rings. The maximum Gasteiger partial charge on any atom is 1.00 e. The number of ether oxygens (including phenoxy) is 1. The average molecular weight is 648 g/mol. The fourth-order valence-electron chi connectivity index (χ4n) is 4.05. The van der Waals surface area contributed by atoms with E-state index in [0.29, 0.717) is 29.3 Å². The predicted molar refractivity (Wildman–Crippen MR) is 163 cm³/mol. The molecule has 0 fully saturated rings. The molecule has 0 saturated heterocycles. The number of hydrogen-bond donors (Lipinski definition) is 7. The molecular formula is C28H30N7NaO8S. The molecule has 0 atom stereocenters. The van der Waals surface area contributed by atoms with Crippen molar-refractivity contribution in [3.8, 4) is 11.5 Å². The van der Waals surface area contributed by atoms with Gasteiger partial charge in [0.15, 0.2) is 5.75 Å². The Labute approximate surface area is 280 Å². The van der Waals surface area contributed by atoms with E-state index in [2.05, 4.69) is 31.1 Å². The second-order valence-corrected chi connectivity index (χ2v) is 10.5. The molecule has 0 spiro atoms. The normalized spacial score (nSPS) is 11.6. The molecule has 15 nitrogen and oxygen atoms in total. The molecular weight excluding hydrogens is 617 g/mol. The van der Waals surface area contributed by atoms with Crippen LogP contribution in [0.3, 0.4) is 0 Å². The van der Waals surface area contributed by atoms with Crippen molar-refractivity contribution in [2.75, 3.05) is 55.9 Å². The molecule has 0 saturated carbocycles.